The second kappa shape index (κ2) is 4.45. The molecule has 1 rings (SSSR count). The van der Waals surface area contributed by atoms with Gasteiger partial charge in [-0.25, -0.2) is 0 Å². The van der Waals surface area contributed by atoms with Gasteiger partial charge in [0.1, 0.15) is 6.54 Å². The van der Waals surface area contributed by atoms with Gasteiger partial charge in [0.25, 0.3) is 5.82 Å². The molecule has 0 spiro atoms. The zero-order valence-electron chi connectivity index (χ0n) is 9.74. The Morgan fingerprint density at radius 1 is 1.53 bits per heavy atom. The van der Waals surface area contributed by atoms with E-state index in [4.69, 9.17) is 11.3 Å². The molecule has 0 aliphatic rings. The lowest BCUT2D eigenvalue weighted by Crippen LogP contribution is -2.11. The van der Waals surface area contributed by atoms with E-state index in [1.807, 2.05) is 0 Å². The quantitative estimate of drug-likeness (QED) is 0.712. The van der Waals surface area contributed by atoms with Crippen LogP contribution < -0.4 is 0 Å². The summed E-state index contributed by atoms with van der Waals surface area (Å²) in [5.41, 5.74) is 0.958. The Hall–Kier alpha value is -1.34. The van der Waals surface area contributed by atoms with Crippen LogP contribution in [-0.4, -0.2) is 23.5 Å². The standard InChI is InChI=1S/C11H17N3O/c1-11(2,3)9-8-13-14(6-7-15-5)10(9)12-4/h8H,6-7H2,1-3,5H3. The summed E-state index contributed by atoms with van der Waals surface area (Å²) >= 11 is 0. The monoisotopic (exact) mass is 207 g/mol. The summed E-state index contributed by atoms with van der Waals surface area (Å²) in [6, 6.07) is 0. The highest BCUT2D eigenvalue weighted by molar-refractivity contribution is 5.48. The molecule has 15 heavy (non-hydrogen) atoms. The number of ether oxygens (including phenoxy) is 1. The van der Waals surface area contributed by atoms with Crippen molar-refractivity contribution in [2.24, 2.45) is 0 Å². The fourth-order valence-corrected chi connectivity index (χ4v) is 1.37. The maximum Gasteiger partial charge on any atom is 0.255 e. The van der Waals surface area contributed by atoms with Crippen LogP contribution in [0.25, 0.3) is 4.85 Å². The third-order valence-corrected chi connectivity index (χ3v) is 2.23. The Kier molecular flexibility index (Phi) is 3.48. The first-order chi connectivity index (χ1) is 7.00. The minimum Gasteiger partial charge on any atom is -0.381 e. The minimum absolute atomic E-state index is 0.0365. The maximum absolute atomic E-state index is 7.18. The molecule has 1 aromatic rings. The van der Waals surface area contributed by atoms with Crippen LogP contribution in [0.2, 0.25) is 0 Å². The molecule has 0 fully saturated rings. The Labute approximate surface area is 90.7 Å². The molecule has 0 aromatic carbocycles. The number of aromatic nitrogens is 2. The summed E-state index contributed by atoms with van der Waals surface area (Å²) < 4.78 is 6.68. The molecule has 0 saturated heterocycles. The van der Waals surface area contributed by atoms with Crippen molar-refractivity contribution in [1.82, 2.24) is 9.78 Å². The Bertz CT molecular complexity index is 368. The lowest BCUT2D eigenvalue weighted by Gasteiger charge is -2.17. The van der Waals surface area contributed by atoms with Crippen molar-refractivity contribution in [1.29, 1.82) is 0 Å². The van der Waals surface area contributed by atoms with Crippen molar-refractivity contribution in [3.63, 3.8) is 0 Å². The molecule has 1 heterocycles. The average Bonchev–Trinajstić information content (AvgIpc) is 2.56. The van der Waals surface area contributed by atoms with Crippen LogP contribution >= 0.6 is 0 Å². The SMILES string of the molecule is [C-]#[N+]c1c(C(C)(C)C)cnn1CCOC. The van der Waals surface area contributed by atoms with Gasteiger partial charge in [0, 0.05) is 12.7 Å². The zero-order valence-corrected chi connectivity index (χ0v) is 9.74. The Morgan fingerprint density at radius 3 is 2.67 bits per heavy atom. The van der Waals surface area contributed by atoms with Crippen molar-refractivity contribution >= 4 is 5.82 Å². The fraction of sp³-hybridized carbons (Fsp3) is 0.636. The lowest BCUT2D eigenvalue weighted by atomic mass is 9.89. The van der Waals surface area contributed by atoms with Gasteiger partial charge < -0.3 is 9.58 Å². The first-order valence-electron chi connectivity index (χ1n) is 4.93. The number of rotatable bonds is 3. The van der Waals surface area contributed by atoms with Crippen molar-refractivity contribution in [3.05, 3.63) is 23.2 Å². The van der Waals surface area contributed by atoms with Gasteiger partial charge in [-0.2, -0.15) is 4.68 Å². The van der Waals surface area contributed by atoms with Gasteiger partial charge in [-0.3, -0.25) is 0 Å². The van der Waals surface area contributed by atoms with Crippen molar-refractivity contribution in [2.45, 2.75) is 32.7 Å². The molecule has 0 aliphatic heterocycles. The van der Waals surface area contributed by atoms with E-state index in [9.17, 15) is 0 Å². The predicted molar refractivity (Wildman–Crippen MR) is 59.1 cm³/mol. The molecule has 4 nitrogen and oxygen atoms in total. The van der Waals surface area contributed by atoms with Crippen LogP contribution in [0.4, 0.5) is 5.82 Å². The number of hydrogen-bond acceptors (Lipinski definition) is 2. The molecule has 1 aromatic heterocycles. The predicted octanol–water partition coefficient (Wildman–Crippen LogP) is 2.38. The van der Waals surface area contributed by atoms with Gasteiger partial charge in [0.15, 0.2) is 0 Å². The highest BCUT2D eigenvalue weighted by atomic mass is 16.5. The molecule has 4 heteroatoms. The van der Waals surface area contributed by atoms with Crippen LogP contribution in [0.15, 0.2) is 6.20 Å². The molecule has 0 amide bonds. The van der Waals surface area contributed by atoms with E-state index in [1.165, 1.54) is 0 Å². The van der Waals surface area contributed by atoms with Gasteiger partial charge in [-0.15, -0.1) is 5.10 Å². The highest BCUT2D eigenvalue weighted by Crippen LogP contribution is 2.31. The molecular formula is C11H17N3O. The Balaban J connectivity index is 3.02. The fourth-order valence-electron chi connectivity index (χ4n) is 1.37. The Morgan fingerprint density at radius 2 is 2.20 bits per heavy atom. The summed E-state index contributed by atoms with van der Waals surface area (Å²) in [4.78, 5) is 3.54. The third-order valence-electron chi connectivity index (χ3n) is 2.23. The zero-order chi connectivity index (χ0) is 11.5. The van der Waals surface area contributed by atoms with Gasteiger partial charge in [0.2, 0.25) is 0 Å². The average molecular weight is 207 g/mol. The van der Waals surface area contributed by atoms with Gasteiger partial charge in [-0.1, -0.05) is 27.3 Å². The van der Waals surface area contributed by atoms with Crippen molar-refractivity contribution in [3.8, 4) is 0 Å². The molecule has 0 atom stereocenters. The van der Waals surface area contributed by atoms with Crippen LogP contribution in [0.5, 0.6) is 0 Å². The minimum atomic E-state index is -0.0365. The van der Waals surface area contributed by atoms with Crippen LogP contribution in [0, 0.1) is 6.57 Å². The van der Waals surface area contributed by atoms with Crippen LogP contribution in [0.1, 0.15) is 26.3 Å². The summed E-state index contributed by atoms with van der Waals surface area (Å²) in [5, 5.41) is 4.21. The van der Waals surface area contributed by atoms with Gasteiger partial charge in [-0.05, 0) is 5.41 Å². The van der Waals surface area contributed by atoms with E-state index < -0.39 is 0 Å². The van der Waals surface area contributed by atoms with E-state index in [0.29, 0.717) is 19.0 Å². The molecule has 0 bridgehead atoms. The van der Waals surface area contributed by atoms with E-state index >= 15 is 0 Å². The normalized spacial score (nSPS) is 11.4. The van der Waals surface area contributed by atoms with E-state index in [2.05, 4.69) is 30.7 Å². The molecule has 0 unspecified atom stereocenters. The van der Waals surface area contributed by atoms with Crippen molar-refractivity contribution in [2.75, 3.05) is 13.7 Å². The molecule has 0 aliphatic carbocycles. The van der Waals surface area contributed by atoms with E-state index in [0.717, 1.165) is 5.56 Å². The van der Waals surface area contributed by atoms with Gasteiger partial charge >= 0.3 is 0 Å². The topological polar surface area (TPSA) is 31.4 Å². The first kappa shape index (κ1) is 11.7. The summed E-state index contributed by atoms with van der Waals surface area (Å²) in [6.07, 6.45) is 1.78. The summed E-state index contributed by atoms with van der Waals surface area (Å²) in [7, 11) is 1.64. The smallest absolute Gasteiger partial charge is 0.255 e. The van der Waals surface area contributed by atoms with E-state index in [1.54, 1.807) is 18.0 Å². The molecular weight excluding hydrogens is 190 g/mol. The molecule has 0 saturated carbocycles. The molecule has 82 valence electrons. The van der Waals surface area contributed by atoms with E-state index in [-0.39, 0.29) is 5.41 Å². The second-order valence-corrected chi connectivity index (χ2v) is 4.46. The maximum atomic E-state index is 7.18. The van der Waals surface area contributed by atoms with Crippen molar-refractivity contribution < 1.29 is 4.74 Å². The van der Waals surface area contributed by atoms with Crippen LogP contribution in [-0.2, 0) is 16.7 Å². The lowest BCUT2D eigenvalue weighted by molar-refractivity contribution is 0.184. The summed E-state index contributed by atoms with van der Waals surface area (Å²) in [5.74, 6) is 0.625. The number of methoxy groups -OCH3 is 1. The third kappa shape index (κ3) is 2.57. The second-order valence-electron chi connectivity index (χ2n) is 4.46. The highest BCUT2D eigenvalue weighted by Gasteiger charge is 2.22. The largest absolute Gasteiger partial charge is 0.381 e. The van der Waals surface area contributed by atoms with Gasteiger partial charge in [0.05, 0.1) is 12.8 Å². The number of hydrogen-bond donors (Lipinski definition) is 0. The molecule has 0 N–H and O–H groups in total. The molecule has 0 radical (unpaired) electrons. The van der Waals surface area contributed by atoms with Crippen LogP contribution in [0.3, 0.4) is 0 Å². The number of nitrogens with zero attached hydrogens (tertiary/aromatic N) is 3. The summed E-state index contributed by atoms with van der Waals surface area (Å²) in [6.45, 7) is 14.6. The first-order valence-corrected chi connectivity index (χ1v) is 4.93.